The second-order valence-corrected chi connectivity index (χ2v) is 3.63. The Balaban J connectivity index is 2.09. The quantitative estimate of drug-likeness (QED) is 0.519. The molecule has 1 fully saturated rings. The van der Waals surface area contributed by atoms with Gasteiger partial charge in [0.15, 0.2) is 0 Å². The number of halogens is 1. The SMILES string of the molecule is BrCC=CCN1CCCCC1. The summed E-state index contributed by atoms with van der Waals surface area (Å²) in [4.78, 5) is 2.52. The van der Waals surface area contributed by atoms with E-state index in [0.29, 0.717) is 0 Å². The molecule has 0 aromatic carbocycles. The van der Waals surface area contributed by atoms with E-state index in [2.05, 4.69) is 33.0 Å². The van der Waals surface area contributed by atoms with Crippen molar-refractivity contribution in [3.05, 3.63) is 12.2 Å². The zero-order valence-electron chi connectivity index (χ0n) is 6.93. The molecule has 0 aliphatic carbocycles. The molecule has 2 heteroatoms. The fraction of sp³-hybridized carbons (Fsp3) is 0.778. The number of alkyl halides is 1. The van der Waals surface area contributed by atoms with Gasteiger partial charge in [0.1, 0.15) is 0 Å². The number of allylic oxidation sites excluding steroid dienone is 1. The Hall–Kier alpha value is 0.180. The van der Waals surface area contributed by atoms with Gasteiger partial charge in [0.05, 0.1) is 0 Å². The molecule has 1 saturated heterocycles. The predicted molar refractivity (Wildman–Crippen MR) is 53.2 cm³/mol. The van der Waals surface area contributed by atoms with Crippen LogP contribution in [0.1, 0.15) is 19.3 Å². The third kappa shape index (κ3) is 3.92. The van der Waals surface area contributed by atoms with E-state index in [-0.39, 0.29) is 0 Å². The van der Waals surface area contributed by atoms with Crippen molar-refractivity contribution in [1.82, 2.24) is 4.90 Å². The van der Waals surface area contributed by atoms with Gasteiger partial charge in [-0.25, -0.2) is 0 Å². The van der Waals surface area contributed by atoms with Crippen LogP contribution in [-0.2, 0) is 0 Å². The molecule has 0 amide bonds. The normalized spacial score (nSPS) is 21.2. The Morgan fingerprint density at radius 3 is 2.45 bits per heavy atom. The average Bonchev–Trinajstić information content (AvgIpc) is 2.07. The van der Waals surface area contributed by atoms with Gasteiger partial charge in [0.25, 0.3) is 0 Å². The molecule has 1 rings (SSSR count). The fourth-order valence-electron chi connectivity index (χ4n) is 1.43. The highest BCUT2D eigenvalue weighted by atomic mass is 79.9. The maximum atomic E-state index is 3.37. The first-order chi connectivity index (χ1) is 5.43. The summed E-state index contributed by atoms with van der Waals surface area (Å²) in [5.41, 5.74) is 0. The summed E-state index contributed by atoms with van der Waals surface area (Å²) in [6.07, 6.45) is 8.64. The molecule has 0 aromatic rings. The first kappa shape index (κ1) is 9.27. The number of likely N-dealkylation sites (tertiary alicyclic amines) is 1. The Morgan fingerprint density at radius 2 is 1.82 bits per heavy atom. The molecule has 1 nitrogen and oxygen atoms in total. The summed E-state index contributed by atoms with van der Waals surface area (Å²) in [7, 11) is 0. The van der Waals surface area contributed by atoms with Gasteiger partial charge in [-0.05, 0) is 25.9 Å². The standard InChI is InChI=1S/C9H16BrN/c10-6-2-5-9-11-7-3-1-4-8-11/h2,5H,1,3-4,6-9H2. The van der Waals surface area contributed by atoms with Gasteiger partial charge >= 0.3 is 0 Å². The highest BCUT2D eigenvalue weighted by Crippen LogP contribution is 2.07. The van der Waals surface area contributed by atoms with Crippen molar-refractivity contribution >= 4 is 15.9 Å². The molecule has 0 unspecified atom stereocenters. The molecule has 0 aromatic heterocycles. The smallest absolute Gasteiger partial charge is 0.0212 e. The largest absolute Gasteiger partial charge is 0.300 e. The van der Waals surface area contributed by atoms with Crippen molar-refractivity contribution in [2.24, 2.45) is 0 Å². The first-order valence-electron chi connectivity index (χ1n) is 4.37. The topological polar surface area (TPSA) is 3.24 Å². The molecule has 1 heterocycles. The Kier molecular flexibility index (Phi) is 4.87. The Bertz CT molecular complexity index is 117. The van der Waals surface area contributed by atoms with E-state index in [1.165, 1.54) is 32.4 Å². The lowest BCUT2D eigenvalue weighted by atomic mass is 10.1. The molecule has 0 saturated carbocycles. The van der Waals surface area contributed by atoms with Gasteiger partial charge in [-0.2, -0.15) is 0 Å². The number of hydrogen-bond acceptors (Lipinski definition) is 1. The van der Waals surface area contributed by atoms with E-state index in [9.17, 15) is 0 Å². The zero-order chi connectivity index (χ0) is 7.94. The summed E-state index contributed by atoms with van der Waals surface area (Å²) >= 11 is 3.37. The minimum absolute atomic E-state index is 0.987. The Labute approximate surface area is 77.6 Å². The summed E-state index contributed by atoms with van der Waals surface area (Å²) in [6.45, 7) is 3.74. The molecule has 0 N–H and O–H groups in total. The van der Waals surface area contributed by atoms with E-state index in [1.807, 2.05) is 0 Å². The molecule has 11 heavy (non-hydrogen) atoms. The molecular formula is C9H16BrN. The van der Waals surface area contributed by atoms with Crippen LogP contribution in [-0.4, -0.2) is 29.9 Å². The van der Waals surface area contributed by atoms with Gasteiger partial charge in [-0.15, -0.1) is 0 Å². The van der Waals surface area contributed by atoms with Crippen LogP contribution in [0.15, 0.2) is 12.2 Å². The third-order valence-electron chi connectivity index (χ3n) is 2.07. The van der Waals surface area contributed by atoms with Crippen LogP contribution in [0.4, 0.5) is 0 Å². The zero-order valence-corrected chi connectivity index (χ0v) is 8.52. The lowest BCUT2D eigenvalue weighted by Crippen LogP contribution is -2.29. The molecule has 0 atom stereocenters. The van der Waals surface area contributed by atoms with Gasteiger partial charge in [0, 0.05) is 11.9 Å². The summed E-state index contributed by atoms with van der Waals surface area (Å²) in [6, 6.07) is 0. The van der Waals surface area contributed by atoms with Crippen LogP contribution in [0, 0.1) is 0 Å². The van der Waals surface area contributed by atoms with Crippen LogP contribution in [0.3, 0.4) is 0 Å². The molecule has 0 spiro atoms. The highest BCUT2D eigenvalue weighted by Gasteiger charge is 2.06. The second kappa shape index (κ2) is 5.78. The molecule has 0 radical (unpaired) electrons. The van der Waals surface area contributed by atoms with E-state index in [0.717, 1.165) is 11.9 Å². The van der Waals surface area contributed by atoms with Crippen molar-refractivity contribution in [2.45, 2.75) is 19.3 Å². The van der Waals surface area contributed by atoms with Gasteiger partial charge in [-0.1, -0.05) is 34.5 Å². The van der Waals surface area contributed by atoms with Crippen molar-refractivity contribution in [2.75, 3.05) is 25.0 Å². The predicted octanol–water partition coefficient (Wildman–Crippen LogP) is 2.42. The number of nitrogens with zero attached hydrogens (tertiary/aromatic N) is 1. The minimum atomic E-state index is 0.987. The van der Waals surface area contributed by atoms with Gasteiger partial charge in [-0.3, -0.25) is 4.90 Å². The lowest BCUT2D eigenvalue weighted by Gasteiger charge is -2.24. The summed E-state index contributed by atoms with van der Waals surface area (Å²) in [5, 5.41) is 0.987. The van der Waals surface area contributed by atoms with E-state index in [4.69, 9.17) is 0 Å². The van der Waals surface area contributed by atoms with E-state index in [1.54, 1.807) is 0 Å². The number of piperidine rings is 1. The second-order valence-electron chi connectivity index (χ2n) is 2.99. The molecular weight excluding hydrogens is 202 g/mol. The minimum Gasteiger partial charge on any atom is -0.300 e. The van der Waals surface area contributed by atoms with Crippen molar-refractivity contribution in [3.63, 3.8) is 0 Å². The van der Waals surface area contributed by atoms with E-state index >= 15 is 0 Å². The highest BCUT2D eigenvalue weighted by molar-refractivity contribution is 9.09. The number of hydrogen-bond donors (Lipinski definition) is 0. The van der Waals surface area contributed by atoms with Crippen LogP contribution in [0.5, 0.6) is 0 Å². The summed E-state index contributed by atoms with van der Waals surface area (Å²) in [5.74, 6) is 0. The van der Waals surface area contributed by atoms with Crippen LogP contribution in [0.25, 0.3) is 0 Å². The molecule has 1 aliphatic rings. The lowest BCUT2D eigenvalue weighted by molar-refractivity contribution is 0.251. The fourth-order valence-corrected chi connectivity index (χ4v) is 1.69. The number of rotatable bonds is 3. The van der Waals surface area contributed by atoms with Crippen LogP contribution < -0.4 is 0 Å². The van der Waals surface area contributed by atoms with Crippen LogP contribution >= 0.6 is 15.9 Å². The van der Waals surface area contributed by atoms with Crippen LogP contribution in [0.2, 0.25) is 0 Å². The third-order valence-corrected chi connectivity index (χ3v) is 2.44. The van der Waals surface area contributed by atoms with Gasteiger partial charge < -0.3 is 0 Å². The van der Waals surface area contributed by atoms with Crippen molar-refractivity contribution < 1.29 is 0 Å². The average molecular weight is 218 g/mol. The van der Waals surface area contributed by atoms with Gasteiger partial charge in [0.2, 0.25) is 0 Å². The maximum Gasteiger partial charge on any atom is 0.0212 e. The maximum absolute atomic E-state index is 3.37. The monoisotopic (exact) mass is 217 g/mol. The molecule has 64 valence electrons. The molecule has 1 aliphatic heterocycles. The first-order valence-corrected chi connectivity index (χ1v) is 5.49. The van der Waals surface area contributed by atoms with E-state index < -0.39 is 0 Å². The Morgan fingerprint density at radius 1 is 1.09 bits per heavy atom. The van der Waals surface area contributed by atoms with Crippen molar-refractivity contribution in [1.29, 1.82) is 0 Å². The van der Waals surface area contributed by atoms with Crippen molar-refractivity contribution in [3.8, 4) is 0 Å². The molecule has 0 bridgehead atoms. The summed E-state index contributed by atoms with van der Waals surface area (Å²) < 4.78 is 0.